The second kappa shape index (κ2) is 9.65. The highest BCUT2D eigenvalue weighted by Gasteiger charge is 2.23. The zero-order valence-electron chi connectivity index (χ0n) is 18.5. The number of pyridine rings is 1. The molecule has 3 rings (SSSR count). The summed E-state index contributed by atoms with van der Waals surface area (Å²) in [7, 11) is 1.62. The molecule has 1 aliphatic rings. The van der Waals surface area contributed by atoms with Gasteiger partial charge in [0.25, 0.3) is 0 Å². The predicted molar refractivity (Wildman–Crippen MR) is 123 cm³/mol. The second-order valence-electron chi connectivity index (χ2n) is 7.77. The molecule has 0 atom stereocenters. The third kappa shape index (κ3) is 4.93. The molecule has 2 aromatic rings. The summed E-state index contributed by atoms with van der Waals surface area (Å²) >= 11 is 0. The van der Waals surface area contributed by atoms with E-state index in [0.29, 0.717) is 24.5 Å². The number of carbonyl (C=O) groups is 1. The minimum atomic E-state index is -0.105. The maximum atomic E-state index is 13.0. The Morgan fingerprint density at radius 2 is 1.97 bits per heavy atom. The SMILES string of the molecule is C=C(C)c1cccc(N2CCN(C(=O)Nc3c(OC)cc(C)nc3CCC)CC2)c1. The summed E-state index contributed by atoms with van der Waals surface area (Å²) in [5.74, 6) is 0.662. The van der Waals surface area contributed by atoms with Gasteiger partial charge in [0.1, 0.15) is 11.4 Å². The number of methoxy groups -OCH3 is 1. The molecule has 0 saturated carbocycles. The fraction of sp³-hybridized carbons (Fsp3) is 0.417. The van der Waals surface area contributed by atoms with Crippen LogP contribution in [0.3, 0.4) is 0 Å². The molecule has 0 unspecified atom stereocenters. The molecule has 6 heteroatoms. The monoisotopic (exact) mass is 408 g/mol. The van der Waals surface area contributed by atoms with Gasteiger partial charge in [0.15, 0.2) is 0 Å². The average Bonchev–Trinajstić information content (AvgIpc) is 2.75. The van der Waals surface area contributed by atoms with Gasteiger partial charge in [0.2, 0.25) is 0 Å². The molecule has 1 fully saturated rings. The number of carbonyl (C=O) groups excluding carboxylic acids is 1. The van der Waals surface area contributed by atoms with Crippen LogP contribution in [0.25, 0.3) is 5.57 Å². The molecule has 1 aromatic heterocycles. The Bertz CT molecular complexity index is 917. The zero-order chi connectivity index (χ0) is 21.7. The molecular formula is C24H32N4O2. The molecule has 30 heavy (non-hydrogen) atoms. The zero-order valence-corrected chi connectivity index (χ0v) is 18.5. The van der Waals surface area contributed by atoms with Gasteiger partial charge in [-0.3, -0.25) is 4.98 Å². The summed E-state index contributed by atoms with van der Waals surface area (Å²) < 4.78 is 5.52. The average molecular weight is 409 g/mol. The number of hydrogen-bond donors (Lipinski definition) is 1. The topological polar surface area (TPSA) is 57.7 Å². The summed E-state index contributed by atoms with van der Waals surface area (Å²) in [6.07, 6.45) is 1.74. The van der Waals surface area contributed by atoms with Crippen molar-refractivity contribution in [1.29, 1.82) is 0 Å². The molecule has 1 aliphatic heterocycles. The van der Waals surface area contributed by atoms with Crippen molar-refractivity contribution in [3.05, 3.63) is 53.9 Å². The molecule has 0 bridgehead atoms. The van der Waals surface area contributed by atoms with Gasteiger partial charge >= 0.3 is 6.03 Å². The third-order valence-corrected chi connectivity index (χ3v) is 5.40. The van der Waals surface area contributed by atoms with Gasteiger partial charge in [-0.15, -0.1) is 0 Å². The van der Waals surface area contributed by atoms with Crippen LogP contribution in [0.5, 0.6) is 5.75 Å². The highest BCUT2D eigenvalue weighted by molar-refractivity contribution is 5.92. The third-order valence-electron chi connectivity index (χ3n) is 5.40. The first-order chi connectivity index (χ1) is 14.4. The van der Waals surface area contributed by atoms with E-state index in [0.717, 1.165) is 48.5 Å². The van der Waals surface area contributed by atoms with E-state index in [2.05, 4.69) is 53.0 Å². The van der Waals surface area contributed by atoms with E-state index in [1.807, 2.05) is 24.8 Å². The van der Waals surface area contributed by atoms with Crippen LogP contribution in [0.15, 0.2) is 36.9 Å². The molecule has 2 amide bonds. The second-order valence-corrected chi connectivity index (χ2v) is 7.77. The Morgan fingerprint density at radius 1 is 1.23 bits per heavy atom. The lowest BCUT2D eigenvalue weighted by atomic mass is 10.1. The van der Waals surface area contributed by atoms with Crippen LogP contribution < -0.4 is 15.0 Å². The Hall–Kier alpha value is -3.02. The minimum absolute atomic E-state index is 0.105. The molecule has 0 aliphatic carbocycles. The van der Waals surface area contributed by atoms with Crippen molar-refractivity contribution in [2.45, 2.75) is 33.6 Å². The van der Waals surface area contributed by atoms with Crippen molar-refractivity contribution in [3.63, 3.8) is 0 Å². The van der Waals surface area contributed by atoms with Gasteiger partial charge < -0.3 is 19.9 Å². The van der Waals surface area contributed by atoms with Crippen molar-refractivity contribution in [2.24, 2.45) is 0 Å². The summed E-state index contributed by atoms with van der Waals surface area (Å²) in [5.41, 5.74) is 5.82. The summed E-state index contributed by atoms with van der Waals surface area (Å²) in [6, 6.07) is 10.2. The van der Waals surface area contributed by atoms with E-state index in [9.17, 15) is 4.79 Å². The molecule has 160 valence electrons. The number of nitrogens with one attached hydrogen (secondary N) is 1. The van der Waals surface area contributed by atoms with Crippen LogP contribution in [0.4, 0.5) is 16.2 Å². The fourth-order valence-electron chi connectivity index (χ4n) is 3.74. The van der Waals surface area contributed by atoms with Crippen molar-refractivity contribution in [1.82, 2.24) is 9.88 Å². The minimum Gasteiger partial charge on any atom is -0.494 e. The summed E-state index contributed by atoms with van der Waals surface area (Å²) in [4.78, 5) is 21.7. The maximum absolute atomic E-state index is 13.0. The van der Waals surface area contributed by atoms with Gasteiger partial charge in [0, 0.05) is 43.6 Å². The van der Waals surface area contributed by atoms with Crippen LogP contribution in [-0.2, 0) is 6.42 Å². The summed E-state index contributed by atoms with van der Waals surface area (Å²) in [5, 5.41) is 3.06. The lowest BCUT2D eigenvalue weighted by Gasteiger charge is -2.36. The molecule has 0 radical (unpaired) electrons. The quantitative estimate of drug-likeness (QED) is 0.750. The van der Waals surface area contributed by atoms with Crippen LogP contribution in [0.2, 0.25) is 0 Å². The highest BCUT2D eigenvalue weighted by atomic mass is 16.5. The van der Waals surface area contributed by atoms with Gasteiger partial charge in [-0.05, 0) is 38.0 Å². The molecule has 1 saturated heterocycles. The molecular weight excluding hydrogens is 376 g/mol. The highest BCUT2D eigenvalue weighted by Crippen LogP contribution is 2.30. The number of aromatic nitrogens is 1. The van der Waals surface area contributed by atoms with E-state index < -0.39 is 0 Å². The van der Waals surface area contributed by atoms with Crippen molar-refractivity contribution in [2.75, 3.05) is 43.5 Å². The Balaban J connectivity index is 1.68. The lowest BCUT2D eigenvalue weighted by molar-refractivity contribution is 0.208. The van der Waals surface area contributed by atoms with Gasteiger partial charge in [-0.25, -0.2) is 4.79 Å². The Labute approximate surface area is 179 Å². The number of ether oxygens (including phenoxy) is 1. The van der Waals surface area contributed by atoms with Crippen LogP contribution in [-0.4, -0.2) is 49.2 Å². The number of anilines is 2. The number of aryl methyl sites for hydroxylation is 2. The summed E-state index contributed by atoms with van der Waals surface area (Å²) in [6.45, 7) is 13.0. The number of urea groups is 1. The molecule has 6 nitrogen and oxygen atoms in total. The van der Waals surface area contributed by atoms with E-state index in [-0.39, 0.29) is 6.03 Å². The standard InChI is InChI=1S/C24H32N4O2/c1-6-8-21-23(22(30-5)15-18(4)25-21)26-24(29)28-13-11-27(12-14-28)20-10-7-9-19(16-20)17(2)3/h7,9-10,15-16H,2,6,8,11-14H2,1,3-5H3,(H,26,29). The van der Waals surface area contributed by atoms with Crippen LogP contribution >= 0.6 is 0 Å². The van der Waals surface area contributed by atoms with E-state index in [4.69, 9.17) is 4.74 Å². The molecule has 1 N–H and O–H groups in total. The van der Waals surface area contributed by atoms with Gasteiger partial charge in [0.05, 0.1) is 12.8 Å². The number of benzene rings is 1. The number of allylic oxidation sites excluding steroid dienone is 1. The number of rotatable bonds is 6. The number of amides is 2. The first-order valence-corrected chi connectivity index (χ1v) is 10.5. The van der Waals surface area contributed by atoms with Gasteiger partial charge in [-0.2, -0.15) is 0 Å². The predicted octanol–water partition coefficient (Wildman–Crippen LogP) is 4.74. The van der Waals surface area contributed by atoms with Crippen LogP contribution in [0, 0.1) is 6.92 Å². The molecule has 0 spiro atoms. The number of hydrogen-bond acceptors (Lipinski definition) is 4. The van der Waals surface area contributed by atoms with Crippen LogP contribution in [0.1, 0.15) is 37.2 Å². The Morgan fingerprint density at radius 3 is 2.60 bits per heavy atom. The van der Waals surface area contributed by atoms with Crippen molar-refractivity contribution in [3.8, 4) is 5.75 Å². The normalized spacial score (nSPS) is 13.9. The first-order valence-electron chi connectivity index (χ1n) is 10.5. The van der Waals surface area contributed by atoms with E-state index in [1.165, 1.54) is 5.69 Å². The van der Waals surface area contributed by atoms with E-state index in [1.54, 1.807) is 7.11 Å². The fourth-order valence-corrected chi connectivity index (χ4v) is 3.74. The van der Waals surface area contributed by atoms with Gasteiger partial charge in [-0.1, -0.05) is 37.6 Å². The number of nitrogens with zero attached hydrogens (tertiary/aromatic N) is 3. The first kappa shape index (κ1) is 21.7. The number of piperazine rings is 1. The molecule has 1 aromatic carbocycles. The maximum Gasteiger partial charge on any atom is 0.322 e. The smallest absolute Gasteiger partial charge is 0.322 e. The van der Waals surface area contributed by atoms with Crippen molar-refractivity contribution < 1.29 is 9.53 Å². The lowest BCUT2D eigenvalue weighted by Crippen LogP contribution is -2.50. The largest absolute Gasteiger partial charge is 0.494 e. The van der Waals surface area contributed by atoms with E-state index >= 15 is 0 Å². The van der Waals surface area contributed by atoms with Crippen molar-refractivity contribution >= 4 is 23.0 Å². The Kier molecular flexibility index (Phi) is 6.98. The molecule has 2 heterocycles.